The fraction of sp³-hybridized carbons (Fsp3) is 0.647. The molecule has 2 rings (SSSR count). The van der Waals surface area contributed by atoms with Crippen LogP contribution in [0.2, 0.25) is 0 Å². The molecule has 2 nitrogen and oxygen atoms in total. The number of hydrogen-bond donors (Lipinski definition) is 1. The number of benzene rings is 1. The molecular formula is C17H27NO. The van der Waals surface area contributed by atoms with E-state index >= 15 is 0 Å². The van der Waals surface area contributed by atoms with E-state index in [2.05, 4.69) is 50.4 Å². The number of nitrogens with one attached hydrogen (secondary N) is 1. The van der Waals surface area contributed by atoms with Crippen LogP contribution < -0.4 is 10.1 Å². The van der Waals surface area contributed by atoms with E-state index in [-0.39, 0.29) is 0 Å². The van der Waals surface area contributed by atoms with Crippen LogP contribution >= 0.6 is 0 Å². The molecule has 0 heterocycles. The molecular weight excluding hydrogens is 234 g/mol. The van der Waals surface area contributed by atoms with Gasteiger partial charge in [0.15, 0.2) is 0 Å². The third-order valence-electron chi connectivity index (χ3n) is 3.56. The highest BCUT2D eigenvalue weighted by Crippen LogP contribution is 2.29. The Hall–Kier alpha value is -1.02. The third-order valence-corrected chi connectivity index (χ3v) is 3.56. The molecule has 0 aromatic heterocycles. The molecule has 1 aliphatic rings. The molecule has 0 amide bonds. The van der Waals surface area contributed by atoms with E-state index in [1.54, 1.807) is 0 Å². The zero-order valence-corrected chi connectivity index (χ0v) is 12.5. The SMILES string of the molecule is CC(C)CNCCC(C)c1cccc(OC2CC2)c1. The van der Waals surface area contributed by atoms with E-state index in [0.29, 0.717) is 12.0 Å². The van der Waals surface area contributed by atoms with Crippen LogP contribution in [0, 0.1) is 5.92 Å². The molecule has 1 saturated carbocycles. The lowest BCUT2D eigenvalue weighted by Gasteiger charge is -2.14. The van der Waals surface area contributed by atoms with Gasteiger partial charge in [-0.15, -0.1) is 0 Å². The van der Waals surface area contributed by atoms with Crippen molar-refractivity contribution in [3.05, 3.63) is 29.8 Å². The van der Waals surface area contributed by atoms with Gasteiger partial charge in [0.1, 0.15) is 5.75 Å². The zero-order valence-electron chi connectivity index (χ0n) is 12.5. The highest BCUT2D eigenvalue weighted by atomic mass is 16.5. The minimum atomic E-state index is 0.485. The van der Waals surface area contributed by atoms with Crippen molar-refractivity contribution >= 4 is 0 Å². The van der Waals surface area contributed by atoms with E-state index < -0.39 is 0 Å². The molecule has 0 spiro atoms. The van der Waals surface area contributed by atoms with Gasteiger partial charge in [-0.05, 0) is 61.9 Å². The van der Waals surface area contributed by atoms with Crippen molar-refractivity contribution in [3.63, 3.8) is 0 Å². The minimum absolute atomic E-state index is 0.485. The maximum atomic E-state index is 5.86. The average Bonchev–Trinajstić information content (AvgIpc) is 3.18. The largest absolute Gasteiger partial charge is 0.490 e. The van der Waals surface area contributed by atoms with Crippen molar-refractivity contribution in [1.82, 2.24) is 5.32 Å². The first-order chi connectivity index (χ1) is 9.15. The van der Waals surface area contributed by atoms with E-state index in [4.69, 9.17) is 4.74 Å². The predicted octanol–water partition coefficient (Wildman–Crippen LogP) is 3.97. The second-order valence-electron chi connectivity index (χ2n) is 6.18. The van der Waals surface area contributed by atoms with Gasteiger partial charge in [-0.1, -0.05) is 32.9 Å². The van der Waals surface area contributed by atoms with Gasteiger partial charge < -0.3 is 10.1 Å². The number of hydrogen-bond acceptors (Lipinski definition) is 2. The molecule has 1 unspecified atom stereocenters. The number of rotatable bonds is 8. The Balaban J connectivity index is 1.78. The molecule has 1 fully saturated rings. The van der Waals surface area contributed by atoms with E-state index in [1.165, 1.54) is 24.8 Å². The van der Waals surface area contributed by atoms with Crippen molar-refractivity contribution in [2.75, 3.05) is 13.1 Å². The molecule has 0 radical (unpaired) electrons. The first-order valence-corrected chi connectivity index (χ1v) is 7.62. The van der Waals surface area contributed by atoms with E-state index in [9.17, 15) is 0 Å². The summed E-state index contributed by atoms with van der Waals surface area (Å²) in [6.45, 7) is 8.99. The topological polar surface area (TPSA) is 21.3 Å². The first kappa shape index (κ1) is 14.4. The Kier molecular flexibility index (Phi) is 5.26. The van der Waals surface area contributed by atoms with Crippen molar-refractivity contribution in [2.45, 2.75) is 52.1 Å². The Morgan fingerprint density at radius 1 is 1.26 bits per heavy atom. The van der Waals surface area contributed by atoms with Crippen LogP contribution in [-0.4, -0.2) is 19.2 Å². The third kappa shape index (κ3) is 5.23. The lowest BCUT2D eigenvalue weighted by Crippen LogP contribution is -2.21. The lowest BCUT2D eigenvalue weighted by molar-refractivity contribution is 0.302. The van der Waals surface area contributed by atoms with E-state index in [0.717, 1.165) is 24.8 Å². The van der Waals surface area contributed by atoms with Gasteiger partial charge in [-0.2, -0.15) is 0 Å². The van der Waals surface area contributed by atoms with Gasteiger partial charge in [0.2, 0.25) is 0 Å². The molecule has 1 atom stereocenters. The molecule has 1 N–H and O–H groups in total. The maximum Gasteiger partial charge on any atom is 0.119 e. The van der Waals surface area contributed by atoms with Gasteiger partial charge in [0.05, 0.1) is 6.10 Å². The van der Waals surface area contributed by atoms with Crippen LogP contribution in [0.4, 0.5) is 0 Å². The Morgan fingerprint density at radius 2 is 2.05 bits per heavy atom. The zero-order chi connectivity index (χ0) is 13.7. The molecule has 1 aliphatic carbocycles. The summed E-state index contributed by atoms with van der Waals surface area (Å²) in [5, 5.41) is 3.51. The second-order valence-corrected chi connectivity index (χ2v) is 6.18. The molecule has 0 aliphatic heterocycles. The molecule has 2 heteroatoms. The highest BCUT2D eigenvalue weighted by molar-refractivity contribution is 5.31. The quantitative estimate of drug-likeness (QED) is 0.715. The fourth-order valence-electron chi connectivity index (χ4n) is 2.15. The highest BCUT2D eigenvalue weighted by Gasteiger charge is 2.23. The monoisotopic (exact) mass is 261 g/mol. The molecule has 106 valence electrons. The second kappa shape index (κ2) is 6.95. The Labute approximate surface area is 117 Å². The summed E-state index contributed by atoms with van der Waals surface area (Å²) in [6, 6.07) is 8.62. The van der Waals surface area contributed by atoms with Crippen LogP contribution in [0.15, 0.2) is 24.3 Å². The van der Waals surface area contributed by atoms with Gasteiger partial charge in [0.25, 0.3) is 0 Å². The normalized spacial score (nSPS) is 16.6. The van der Waals surface area contributed by atoms with Gasteiger partial charge in [-0.25, -0.2) is 0 Å². The van der Waals surface area contributed by atoms with E-state index in [1.807, 2.05) is 0 Å². The van der Waals surface area contributed by atoms with Crippen molar-refractivity contribution < 1.29 is 4.74 Å². The van der Waals surface area contributed by atoms with Crippen molar-refractivity contribution in [2.24, 2.45) is 5.92 Å². The minimum Gasteiger partial charge on any atom is -0.490 e. The molecule has 1 aromatic carbocycles. The van der Waals surface area contributed by atoms with Gasteiger partial charge in [0, 0.05) is 0 Å². The average molecular weight is 261 g/mol. The summed E-state index contributed by atoms with van der Waals surface area (Å²) in [5.41, 5.74) is 1.39. The summed E-state index contributed by atoms with van der Waals surface area (Å²) >= 11 is 0. The maximum absolute atomic E-state index is 5.86. The number of ether oxygens (including phenoxy) is 1. The molecule has 0 bridgehead atoms. The van der Waals surface area contributed by atoms with Crippen molar-refractivity contribution in [1.29, 1.82) is 0 Å². The Morgan fingerprint density at radius 3 is 2.74 bits per heavy atom. The molecule has 0 saturated heterocycles. The summed E-state index contributed by atoms with van der Waals surface area (Å²) in [6.07, 6.45) is 4.11. The van der Waals surface area contributed by atoms with Gasteiger partial charge in [-0.3, -0.25) is 0 Å². The summed E-state index contributed by atoms with van der Waals surface area (Å²) in [7, 11) is 0. The van der Waals surface area contributed by atoms with Crippen LogP contribution in [0.5, 0.6) is 5.75 Å². The van der Waals surface area contributed by atoms with Crippen LogP contribution in [0.1, 0.15) is 51.5 Å². The first-order valence-electron chi connectivity index (χ1n) is 7.62. The molecule has 1 aromatic rings. The molecule has 19 heavy (non-hydrogen) atoms. The Bertz CT molecular complexity index is 385. The summed E-state index contributed by atoms with van der Waals surface area (Å²) in [4.78, 5) is 0. The summed E-state index contributed by atoms with van der Waals surface area (Å²) in [5.74, 6) is 2.36. The fourth-order valence-corrected chi connectivity index (χ4v) is 2.15. The van der Waals surface area contributed by atoms with Crippen LogP contribution in [0.25, 0.3) is 0 Å². The predicted molar refractivity (Wildman–Crippen MR) is 80.8 cm³/mol. The lowest BCUT2D eigenvalue weighted by atomic mass is 9.97. The van der Waals surface area contributed by atoms with Crippen LogP contribution in [0.3, 0.4) is 0 Å². The van der Waals surface area contributed by atoms with Crippen molar-refractivity contribution in [3.8, 4) is 5.75 Å². The van der Waals surface area contributed by atoms with Crippen LogP contribution in [-0.2, 0) is 0 Å². The summed E-state index contributed by atoms with van der Waals surface area (Å²) < 4.78 is 5.86. The van der Waals surface area contributed by atoms with Gasteiger partial charge >= 0.3 is 0 Å². The standard InChI is InChI=1S/C17H27NO/c1-13(2)12-18-10-9-14(3)15-5-4-6-17(11-15)19-16-7-8-16/h4-6,11,13-14,16,18H,7-10,12H2,1-3H3. The smallest absolute Gasteiger partial charge is 0.119 e.